The number of urea groups is 1. The molecule has 2 saturated heterocycles. The summed E-state index contributed by atoms with van der Waals surface area (Å²) in [6.07, 6.45) is 10.8. The van der Waals surface area contributed by atoms with Crippen molar-refractivity contribution in [2.45, 2.75) is 57.1 Å². The number of unbranched alkanes of at least 4 members (excludes halogenated alkanes) is 1. The molecular weight excluding hydrogens is 278 g/mol. The van der Waals surface area contributed by atoms with Crippen molar-refractivity contribution in [1.29, 1.82) is 0 Å². The number of piperidine rings is 2. The fourth-order valence-corrected chi connectivity index (χ4v) is 3.17. The van der Waals surface area contributed by atoms with Gasteiger partial charge in [0.2, 0.25) is 0 Å². The van der Waals surface area contributed by atoms with Crippen LogP contribution in [0.3, 0.4) is 0 Å². The van der Waals surface area contributed by atoms with Crippen molar-refractivity contribution in [2.75, 3.05) is 32.7 Å². The van der Waals surface area contributed by atoms with Crippen LogP contribution in [0.15, 0.2) is 0 Å². The monoisotopic (exact) mass is 307 g/mol. The van der Waals surface area contributed by atoms with E-state index in [1.807, 2.05) is 0 Å². The summed E-state index contributed by atoms with van der Waals surface area (Å²) < 4.78 is 0. The Labute approximate surface area is 134 Å². The Morgan fingerprint density at radius 3 is 2.50 bits per heavy atom. The van der Waals surface area contributed by atoms with Crippen LogP contribution < -0.4 is 5.32 Å². The zero-order chi connectivity index (χ0) is 16.0. The largest absolute Gasteiger partial charge is 0.377 e. The Kier molecular flexibility index (Phi) is 6.10. The van der Waals surface area contributed by atoms with Crippen LogP contribution in [-0.2, 0) is 0 Å². The predicted octanol–water partition coefficient (Wildman–Crippen LogP) is 1.42. The number of likely N-dealkylation sites (tertiary alicyclic amines) is 2. The van der Waals surface area contributed by atoms with Gasteiger partial charge in [0, 0.05) is 45.1 Å². The van der Waals surface area contributed by atoms with E-state index in [9.17, 15) is 9.90 Å². The molecule has 0 aromatic rings. The lowest BCUT2D eigenvalue weighted by atomic mass is 9.93. The molecule has 2 N–H and O–H groups in total. The second-order valence-electron chi connectivity index (χ2n) is 6.58. The van der Waals surface area contributed by atoms with E-state index in [0.29, 0.717) is 25.9 Å². The summed E-state index contributed by atoms with van der Waals surface area (Å²) in [5.74, 6) is 2.43. The molecule has 0 radical (unpaired) electrons. The first-order valence-electron chi connectivity index (χ1n) is 8.54. The van der Waals surface area contributed by atoms with Crippen LogP contribution >= 0.6 is 0 Å². The summed E-state index contributed by atoms with van der Waals surface area (Å²) in [6.45, 7) is 6.59. The van der Waals surface area contributed by atoms with Crippen molar-refractivity contribution in [3.63, 3.8) is 0 Å². The van der Waals surface area contributed by atoms with Crippen molar-refractivity contribution in [3.05, 3.63) is 0 Å². The molecule has 0 saturated carbocycles. The summed E-state index contributed by atoms with van der Waals surface area (Å²) in [5, 5.41) is 13.1. The minimum atomic E-state index is -1.03. The molecule has 0 aromatic carbocycles. The number of carbonyl (C=O) groups excluding carboxylic acids is 1. The molecule has 22 heavy (non-hydrogen) atoms. The summed E-state index contributed by atoms with van der Waals surface area (Å²) in [7, 11) is 0. The molecule has 5 nitrogen and oxygen atoms in total. The molecule has 0 spiro atoms. The lowest BCUT2D eigenvalue weighted by molar-refractivity contribution is 0.0372. The van der Waals surface area contributed by atoms with Gasteiger partial charge in [-0.3, -0.25) is 0 Å². The minimum absolute atomic E-state index is 0.00826. The van der Waals surface area contributed by atoms with Gasteiger partial charge in [0.15, 0.2) is 0 Å². The molecule has 0 aliphatic carbocycles. The highest BCUT2D eigenvalue weighted by Gasteiger charge is 2.32. The number of nitrogens with one attached hydrogen (secondary N) is 1. The lowest BCUT2D eigenvalue weighted by Crippen LogP contribution is -2.53. The first-order valence-corrected chi connectivity index (χ1v) is 8.54. The van der Waals surface area contributed by atoms with E-state index in [-0.39, 0.29) is 12.1 Å². The summed E-state index contributed by atoms with van der Waals surface area (Å²) in [6, 6.07) is 0.268. The summed E-state index contributed by atoms with van der Waals surface area (Å²) in [4.78, 5) is 16.5. The molecular formula is C17H29N3O2. The van der Waals surface area contributed by atoms with Crippen molar-refractivity contribution >= 4 is 6.03 Å². The quantitative estimate of drug-likeness (QED) is 0.772. The molecule has 2 heterocycles. The number of aliphatic hydroxyl groups is 1. The van der Waals surface area contributed by atoms with Crippen LogP contribution in [0.2, 0.25) is 0 Å². The van der Waals surface area contributed by atoms with Crippen LogP contribution in [-0.4, -0.2) is 65.3 Å². The maximum atomic E-state index is 12.3. The smallest absolute Gasteiger partial charge is 0.317 e. The molecule has 0 aromatic heterocycles. The number of amides is 2. The number of terminal acetylenes is 1. The van der Waals surface area contributed by atoms with Crippen molar-refractivity contribution in [3.8, 4) is 12.3 Å². The second-order valence-corrected chi connectivity index (χ2v) is 6.58. The Bertz CT molecular complexity index is 403. The number of hydrogen-bond donors (Lipinski definition) is 2. The van der Waals surface area contributed by atoms with E-state index in [0.717, 1.165) is 25.9 Å². The normalized spacial score (nSPS) is 23.0. The Morgan fingerprint density at radius 2 is 1.95 bits per heavy atom. The third-order valence-electron chi connectivity index (χ3n) is 4.89. The molecule has 2 aliphatic heterocycles. The van der Waals surface area contributed by atoms with Crippen LogP contribution in [0.5, 0.6) is 0 Å². The first-order chi connectivity index (χ1) is 10.6. The van der Waals surface area contributed by atoms with Crippen LogP contribution in [0.4, 0.5) is 4.79 Å². The molecule has 2 amide bonds. The SMILES string of the molecule is C#CC1(O)CCN(C(=O)NC2CCN(CCCC)CC2)CC1. The van der Waals surface area contributed by atoms with E-state index in [4.69, 9.17) is 6.42 Å². The van der Waals surface area contributed by atoms with Gasteiger partial charge in [-0.15, -0.1) is 6.42 Å². The highest BCUT2D eigenvalue weighted by molar-refractivity contribution is 5.74. The fourth-order valence-electron chi connectivity index (χ4n) is 3.17. The highest BCUT2D eigenvalue weighted by Crippen LogP contribution is 2.21. The van der Waals surface area contributed by atoms with Gasteiger partial charge in [-0.2, -0.15) is 0 Å². The van der Waals surface area contributed by atoms with Crippen LogP contribution in [0, 0.1) is 12.3 Å². The Hall–Kier alpha value is -1.25. The minimum Gasteiger partial charge on any atom is -0.377 e. The Balaban J connectivity index is 1.69. The van der Waals surface area contributed by atoms with Gasteiger partial charge in [-0.05, 0) is 25.8 Å². The molecule has 0 atom stereocenters. The standard InChI is InChI=1S/C17H29N3O2/c1-3-5-10-19-11-6-15(7-12-19)18-16(21)20-13-8-17(22,4-2)9-14-20/h2,15,22H,3,5-14H2,1H3,(H,18,21). The van der Waals surface area contributed by atoms with E-state index in [2.05, 4.69) is 23.1 Å². The third kappa shape index (κ3) is 4.62. The second kappa shape index (κ2) is 7.85. The third-order valence-corrected chi connectivity index (χ3v) is 4.89. The maximum absolute atomic E-state index is 12.3. The van der Waals surface area contributed by atoms with Gasteiger partial charge in [0.05, 0.1) is 0 Å². The van der Waals surface area contributed by atoms with Gasteiger partial charge < -0.3 is 20.2 Å². The number of rotatable bonds is 4. The van der Waals surface area contributed by atoms with E-state index < -0.39 is 5.60 Å². The van der Waals surface area contributed by atoms with Crippen molar-refractivity contribution in [2.24, 2.45) is 0 Å². The van der Waals surface area contributed by atoms with Crippen molar-refractivity contribution in [1.82, 2.24) is 15.1 Å². The highest BCUT2D eigenvalue weighted by atomic mass is 16.3. The molecule has 0 bridgehead atoms. The molecule has 0 unspecified atom stereocenters. The number of hydrogen-bond acceptors (Lipinski definition) is 3. The average Bonchev–Trinajstić information content (AvgIpc) is 2.55. The zero-order valence-corrected chi connectivity index (χ0v) is 13.7. The first kappa shape index (κ1) is 17.1. The fraction of sp³-hybridized carbons (Fsp3) is 0.824. The summed E-state index contributed by atoms with van der Waals surface area (Å²) >= 11 is 0. The van der Waals surface area contributed by atoms with Crippen LogP contribution in [0.1, 0.15) is 45.4 Å². The topological polar surface area (TPSA) is 55.8 Å². The van der Waals surface area contributed by atoms with Crippen molar-refractivity contribution < 1.29 is 9.90 Å². The zero-order valence-electron chi connectivity index (χ0n) is 13.7. The molecule has 2 aliphatic rings. The summed E-state index contributed by atoms with van der Waals surface area (Å²) in [5.41, 5.74) is -1.03. The predicted molar refractivity (Wildman–Crippen MR) is 87.5 cm³/mol. The van der Waals surface area contributed by atoms with E-state index in [1.54, 1.807) is 4.90 Å². The van der Waals surface area contributed by atoms with Crippen LogP contribution in [0.25, 0.3) is 0 Å². The van der Waals surface area contributed by atoms with Gasteiger partial charge in [0.1, 0.15) is 5.60 Å². The van der Waals surface area contributed by atoms with E-state index in [1.165, 1.54) is 19.4 Å². The number of nitrogens with zero attached hydrogens (tertiary/aromatic N) is 2. The van der Waals surface area contributed by atoms with Gasteiger partial charge in [0.25, 0.3) is 0 Å². The van der Waals surface area contributed by atoms with Gasteiger partial charge in [-0.25, -0.2) is 4.79 Å². The van der Waals surface area contributed by atoms with Gasteiger partial charge >= 0.3 is 6.03 Å². The molecule has 5 heteroatoms. The average molecular weight is 307 g/mol. The maximum Gasteiger partial charge on any atom is 0.317 e. The number of carbonyl (C=O) groups is 1. The molecule has 124 valence electrons. The molecule has 2 fully saturated rings. The molecule has 2 rings (SSSR count). The van der Waals surface area contributed by atoms with E-state index >= 15 is 0 Å². The van der Waals surface area contributed by atoms with Gasteiger partial charge in [-0.1, -0.05) is 19.3 Å². The lowest BCUT2D eigenvalue weighted by Gasteiger charge is -2.37. The Morgan fingerprint density at radius 1 is 1.32 bits per heavy atom.